The van der Waals surface area contributed by atoms with Gasteiger partial charge in [0.15, 0.2) is 0 Å². The number of benzene rings is 2. The van der Waals surface area contributed by atoms with Gasteiger partial charge in [-0.25, -0.2) is 0 Å². The summed E-state index contributed by atoms with van der Waals surface area (Å²) in [5.41, 5.74) is 1.03. The number of rotatable bonds is 4. The summed E-state index contributed by atoms with van der Waals surface area (Å²) in [6, 6.07) is 17.8. The van der Waals surface area contributed by atoms with Crippen LogP contribution in [0.2, 0.25) is 0 Å². The van der Waals surface area contributed by atoms with Crippen molar-refractivity contribution in [1.82, 2.24) is 5.32 Å². The van der Waals surface area contributed by atoms with E-state index in [4.69, 9.17) is 4.42 Å². The van der Waals surface area contributed by atoms with Crippen LogP contribution in [0.5, 0.6) is 0 Å². The van der Waals surface area contributed by atoms with Crippen molar-refractivity contribution >= 4 is 22.8 Å². The minimum absolute atomic E-state index is 0.140. The van der Waals surface area contributed by atoms with Crippen LogP contribution in [-0.4, -0.2) is 5.91 Å². The van der Waals surface area contributed by atoms with Crippen molar-refractivity contribution in [2.24, 2.45) is 0 Å². The Labute approximate surface area is 122 Å². The second-order valence-electron chi connectivity index (χ2n) is 4.70. The Morgan fingerprint density at radius 1 is 1.05 bits per heavy atom. The molecule has 1 amide bonds. The van der Waals surface area contributed by atoms with Gasteiger partial charge in [-0.05, 0) is 34.5 Å². The lowest BCUT2D eigenvalue weighted by Gasteiger charge is -2.02. The van der Waals surface area contributed by atoms with E-state index in [9.17, 15) is 4.79 Å². The molecular formula is C18H15NO2. The third kappa shape index (κ3) is 3.20. The van der Waals surface area contributed by atoms with Gasteiger partial charge in [-0.3, -0.25) is 4.79 Å². The molecule has 104 valence electrons. The molecule has 0 saturated carbocycles. The zero-order chi connectivity index (χ0) is 14.5. The Morgan fingerprint density at radius 2 is 1.90 bits per heavy atom. The van der Waals surface area contributed by atoms with Gasteiger partial charge in [0.2, 0.25) is 5.91 Å². The standard InChI is InChI=1S/C18H15NO2/c20-18(19-13-16-8-4-12-21-16)11-10-15-7-3-6-14-5-1-2-9-17(14)15/h1-12H,13H2,(H,19,20)/b11-10-. The van der Waals surface area contributed by atoms with Crippen molar-refractivity contribution in [3.8, 4) is 0 Å². The van der Waals surface area contributed by atoms with Crippen molar-refractivity contribution in [2.75, 3.05) is 0 Å². The number of hydrogen-bond donors (Lipinski definition) is 1. The highest BCUT2D eigenvalue weighted by Crippen LogP contribution is 2.19. The maximum atomic E-state index is 11.8. The molecule has 0 unspecified atom stereocenters. The van der Waals surface area contributed by atoms with Crippen molar-refractivity contribution in [3.63, 3.8) is 0 Å². The average Bonchev–Trinajstić information content (AvgIpc) is 3.04. The Balaban J connectivity index is 1.71. The van der Waals surface area contributed by atoms with Crippen molar-refractivity contribution in [2.45, 2.75) is 6.54 Å². The summed E-state index contributed by atoms with van der Waals surface area (Å²) in [5.74, 6) is 0.598. The second-order valence-corrected chi connectivity index (χ2v) is 4.70. The molecule has 0 aliphatic carbocycles. The first-order valence-electron chi connectivity index (χ1n) is 6.79. The van der Waals surface area contributed by atoms with Gasteiger partial charge >= 0.3 is 0 Å². The molecule has 3 rings (SSSR count). The minimum Gasteiger partial charge on any atom is -0.467 e. The van der Waals surface area contributed by atoms with Crippen LogP contribution in [0.15, 0.2) is 71.4 Å². The van der Waals surface area contributed by atoms with Gasteiger partial charge in [0.05, 0.1) is 12.8 Å². The molecule has 0 saturated heterocycles. The molecule has 1 N–H and O–H groups in total. The molecule has 21 heavy (non-hydrogen) atoms. The summed E-state index contributed by atoms with van der Waals surface area (Å²) in [5, 5.41) is 5.08. The van der Waals surface area contributed by atoms with Crippen LogP contribution in [0.1, 0.15) is 11.3 Å². The zero-order valence-electron chi connectivity index (χ0n) is 11.5. The van der Waals surface area contributed by atoms with E-state index in [1.54, 1.807) is 18.4 Å². The molecule has 3 aromatic rings. The summed E-state index contributed by atoms with van der Waals surface area (Å²) in [6.45, 7) is 0.395. The average molecular weight is 277 g/mol. The molecule has 0 spiro atoms. The van der Waals surface area contributed by atoms with E-state index in [1.165, 1.54) is 0 Å². The van der Waals surface area contributed by atoms with Gasteiger partial charge < -0.3 is 9.73 Å². The van der Waals surface area contributed by atoms with E-state index < -0.39 is 0 Å². The summed E-state index contributed by atoms with van der Waals surface area (Å²) in [4.78, 5) is 11.8. The molecule has 2 aromatic carbocycles. The highest BCUT2D eigenvalue weighted by molar-refractivity contribution is 5.96. The predicted molar refractivity (Wildman–Crippen MR) is 83.5 cm³/mol. The lowest BCUT2D eigenvalue weighted by molar-refractivity contribution is -0.116. The normalized spacial score (nSPS) is 11.0. The minimum atomic E-state index is -0.140. The second kappa shape index (κ2) is 6.09. The predicted octanol–water partition coefficient (Wildman–Crippen LogP) is 3.76. The van der Waals surface area contributed by atoms with Crippen LogP contribution < -0.4 is 5.32 Å². The van der Waals surface area contributed by atoms with Crippen LogP contribution in [0.3, 0.4) is 0 Å². The monoisotopic (exact) mass is 277 g/mol. The molecule has 0 atom stereocenters. The quantitative estimate of drug-likeness (QED) is 0.738. The Kier molecular flexibility index (Phi) is 3.83. The van der Waals surface area contributed by atoms with Crippen LogP contribution in [0.25, 0.3) is 16.8 Å². The van der Waals surface area contributed by atoms with Gasteiger partial charge in [-0.2, -0.15) is 0 Å². The first-order chi connectivity index (χ1) is 10.3. The summed E-state index contributed by atoms with van der Waals surface area (Å²) < 4.78 is 5.17. The van der Waals surface area contributed by atoms with E-state index in [-0.39, 0.29) is 5.91 Å². The largest absolute Gasteiger partial charge is 0.467 e. The molecule has 1 aromatic heterocycles. The summed E-state index contributed by atoms with van der Waals surface area (Å²) in [6.07, 6.45) is 4.97. The number of furan rings is 1. The Bertz CT molecular complexity index is 768. The van der Waals surface area contributed by atoms with Gasteiger partial charge in [0, 0.05) is 6.08 Å². The van der Waals surface area contributed by atoms with Crippen LogP contribution in [-0.2, 0) is 11.3 Å². The van der Waals surface area contributed by atoms with Gasteiger partial charge in [-0.1, -0.05) is 42.5 Å². The number of carbonyl (C=O) groups is 1. The SMILES string of the molecule is O=C(/C=C\c1cccc2ccccc12)NCc1ccco1. The maximum Gasteiger partial charge on any atom is 0.244 e. The molecule has 0 bridgehead atoms. The van der Waals surface area contributed by atoms with Crippen molar-refractivity contribution in [1.29, 1.82) is 0 Å². The smallest absolute Gasteiger partial charge is 0.244 e. The molecular weight excluding hydrogens is 262 g/mol. The number of carbonyl (C=O) groups excluding carboxylic acids is 1. The van der Waals surface area contributed by atoms with Crippen LogP contribution in [0.4, 0.5) is 0 Å². The van der Waals surface area contributed by atoms with Crippen molar-refractivity contribution < 1.29 is 9.21 Å². The molecule has 0 fully saturated rings. The van der Waals surface area contributed by atoms with Crippen molar-refractivity contribution in [3.05, 3.63) is 78.3 Å². The topological polar surface area (TPSA) is 42.2 Å². The fraction of sp³-hybridized carbons (Fsp3) is 0.0556. The van der Waals surface area contributed by atoms with Crippen LogP contribution in [0, 0.1) is 0 Å². The number of fused-ring (bicyclic) bond motifs is 1. The van der Waals surface area contributed by atoms with Gasteiger partial charge in [0.25, 0.3) is 0 Å². The first kappa shape index (κ1) is 13.2. The van der Waals surface area contributed by atoms with E-state index in [2.05, 4.69) is 23.5 Å². The number of nitrogens with one attached hydrogen (secondary N) is 1. The van der Waals surface area contributed by atoms with E-state index in [0.717, 1.165) is 22.1 Å². The Morgan fingerprint density at radius 3 is 2.76 bits per heavy atom. The van der Waals surface area contributed by atoms with E-state index in [0.29, 0.717) is 6.54 Å². The van der Waals surface area contributed by atoms with Gasteiger partial charge in [-0.15, -0.1) is 0 Å². The molecule has 0 aliphatic heterocycles. The lowest BCUT2D eigenvalue weighted by atomic mass is 10.0. The fourth-order valence-corrected chi connectivity index (χ4v) is 2.21. The van der Waals surface area contributed by atoms with E-state index >= 15 is 0 Å². The molecule has 0 radical (unpaired) electrons. The third-order valence-electron chi connectivity index (χ3n) is 3.25. The van der Waals surface area contributed by atoms with Gasteiger partial charge in [0.1, 0.15) is 5.76 Å². The third-order valence-corrected chi connectivity index (χ3v) is 3.25. The molecule has 3 nitrogen and oxygen atoms in total. The summed E-state index contributed by atoms with van der Waals surface area (Å²) >= 11 is 0. The fourth-order valence-electron chi connectivity index (χ4n) is 2.21. The highest BCUT2D eigenvalue weighted by Gasteiger charge is 2.00. The summed E-state index contributed by atoms with van der Waals surface area (Å²) in [7, 11) is 0. The molecule has 1 heterocycles. The van der Waals surface area contributed by atoms with Crippen LogP contribution >= 0.6 is 0 Å². The number of hydrogen-bond acceptors (Lipinski definition) is 2. The van der Waals surface area contributed by atoms with E-state index in [1.807, 2.05) is 36.4 Å². The maximum absolute atomic E-state index is 11.8. The lowest BCUT2D eigenvalue weighted by Crippen LogP contribution is -2.19. The number of amides is 1. The Hall–Kier alpha value is -2.81. The molecule has 3 heteroatoms. The highest BCUT2D eigenvalue weighted by atomic mass is 16.3. The zero-order valence-corrected chi connectivity index (χ0v) is 11.5. The first-order valence-corrected chi connectivity index (χ1v) is 6.79. The molecule has 0 aliphatic rings.